The molecule has 5 aromatic rings. The third-order valence-electron chi connectivity index (χ3n) is 4.57. The fourth-order valence-electron chi connectivity index (χ4n) is 3.43. The molecule has 0 bridgehead atoms. The Balaban J connectivity index is 1.73. The van der Waals surface area contributed by atoms with Gasteiger partial charge in [0.1, 0.15) is 11.4 Å². The van der Waals surface area contributed by atoms with E-state index in [0.29, 0.717) is 11.4 Å². The summed E-state index contributed by atoms with van der Waals surface area (Å²) in [6.45, 7) is 0. The summed E-state index contributed by atoms with van der Waals surface area (Å²) in [6.07, 6.45) is 1.58. The minimum atomic E-state index is -0.448. The first kappa shape index (κ1) is 13.9. The van der Waals surface area contributed by atoms with Crippen LogP contribution in [-0.2, 0) is 0 Å². The van der Waals surface area contributed by atoms with Crippen molar-refractivity contribution in [1.29, 1.82) is 0 Å². The first-order valence-electron chi connectivity index (χ1n) is 8.11. The van der Waals surface area contributed by atoms with Gasteiger partial charge in [-0.25, -0.2) is 9.78 Å². The van der Waals surface area contributed by atoms with Gasteiger partial charge in [0.15, 0.2) is 0 Å². The Bertz CT molecular complexity index is 1210. The molecular formula is C22H13NO2. The quantitative estimate of drug-likeness (QED) is 0.255. The molecule has 3 nitrogen and oxygen atoms in total. The molecular weight excluding hydrogens is 310 g/mol. The molecule has 0 fully saturated rings. The molecule has 118 valence electrons. The number of hydrogen-bond donors (Lipinski definition) is 0. The second-order valence-electron chi connectivity index (χ2n) is 6.02. The lowest BCUT2D eigenvalue weighted by molar-refractivity contribution is 0.0731. The molecule has 0 radical (unpaired) electrons. The van der Waals surface area contributed by atoms with Crippen LogP contribution in [0.25, 0.3) is 32.3 Å². The lowest BCUT2D eigenvalue weighted by Gasteiger charge is -2.13. The van der Waals surface area contributed by atoms with E-state index in [4.69, 9.17) is 4.74 Å². The lowest BCUT2D eigenvalue weighted by Crippen LogP contribution is -2.10. The summed E-state index contributed by atoms with van der Waals surface area (Å²) < 4.78 is 5.66. The molecule has 0 saturated heterocycles. The topological polar surface area (TPSA) is 39.2 Å². The molecule has 0 amide bonds. The zero-order valence-electron chi connectivity index (χ0n) is 13.3. The molecule has 0 aliphatic rings. The number of nitrogens with zero attached hydrogens (tertiary/aromatic N) is 1. The molecule has 0 spiro atoms. The van der Waals surface area contributed by atoms with Crippen molar-refractivity contribution in [3.05, 3.63) is 84.7 Å². The van der Waals surface area contributed by atoms with E-state index in [2.05, 4.69) is 41.4 Å². The number of benzene rings is 4. The number of aromatic nitrogens is 1. The first-order valence-corrected chi connectivity index (χ1v) is 8.11. The summed E-state index contributed by atoms with van der Waals surface area (Å²) in [5, 5.41) is 6.77. The maximum absolute atomic E-state index is 12.4. The maximum Gasteiger partial charge on any atom is 0.362 e. The van der Waals surface area contributed by atoms with Crippen molar-refractivity contribution in [2.24, 2.45) is 0 Å². The van der Waals surface area contributed by atoms with Gasteiger partial charge in [0.05, 0.1) is 0 Å². The largest absolute Gasteiger partial charge is 0.421 e. The van der Waals surface area contributed by atoms with Crippen LogP contribution in [0.5, 0.6) is 5.75 Å². The van der Waals surface area contributed by atoms with Crippen molar-refractivity contribution in [3.63, 3.8) is 0 Å². The normalized spacial score (nSPS) is 11.4. The number of esters is 1. The van der Waals surface area contributed by atoms with Crippen molar-refractivity contribution in [3.8, 4) is 5.75 Å². The van der Waals surface area contributed by atoms with Gasteiger partial charge in [-0.15, -0.1) is 0 Å². The molecule has 4 aromatic carbocycles. The Morgan fingerprint density at radius 2 is 1.44 bits per heavy atom. The highest BCUT2D eigenvalue weighted by Crippen LogP contribution is 2.38. The van der Waals surface area contributed by atoms with Crippen LogP contribution in [0.4, 0.5) is 0 Å². The number of ether oxygens (including phenoxy) is 1. The van der Waals surface area contributed by atoms with E-state index in [1.165, 1.54) is 16.2 Å². The van der Waals surface area contributed by atoms with E-state index < -0.39 is 5.97 Å². The average molecular weight is 323 g/mol. The number of rotatable bonds is 2. The van der Waals surface area contributed by atoms with Crippen LogP contribution in [-0.4, -0.2) is 11.0 Å². The highest BCUT2D eigenvalue weighted by atomic mass is 16.5. The Morgan fingerprint density at radius 3 is 2.20 bits per heavy atom. The van der Waals surface area contributed by atoms with Crippen molar-refractivity contribution in [2.75, 3.05) is 0 Å². The van der Waals surface area contributed by atoms with Gasteiger partial charge < -0.3 is 4.74 Å². The molecule has 0 aliphatic heterocycles. The predicted octanol–water partition coefficient (Wildman–Crippen LogP) is 5.20. The van der Waals surface area contributed by atoms with Crippen LogP contribution >= 0.6 is 0 Å². The van der Waals surface area contributed by atoms with E-state index in [1.807, 2.05) is 18.2 Å². The summed E-state index contributed by atoms with van der Waals surface area (Å²) in [6, 6.07) is 23.6. The predicted molar refractivity (Wildman–Crippen MR) is 99.3 cm³/mol. The number of carbonyl (C=O) groups excluding carboxylic acids is 1. The highest BCUT2D eigenvalue weighted by Gasteiger charge is 2.15. The van der Waals surface area contributed by atoms with E-state index in [9.17, 15) is 4.79 Å². The molecule has 0 saturated carbocycles. The third kappa shape index (κ3) is 2.13. The molecule has 25 heavy (non-hydrogen) atoms. The minimum absolute atomic E-state index is 0.299. The van der Waals surface area contributed by atoms with Crippen molar-refractivity contribution in [2.45, 2.75) is 0 Å². The second-order valence-corrected chi connectivity index (χ2v) is 6.02. The summed E-state index contributed by atoms with van der Waals surface area (Å²) in [5.41, 5.74) is 0.299. The second kappa shape index (κ2) is 5.28. The molecule has 0 unspecified atom stereocenters. The zero-order chi connectivity index (χ0) is 16.8. The highest BCUT2D eigenvalue weighted by molar-refractivity contribution is 6.24. The summed E-state index contributed by atoms with van der Waals surface area (Å²) in [7, 11) is 0. The minimum Gasteiger partial charge on any atom is -0.421 e. The van der Waals surface area contributed by atoms with E-state index >= 15 is 0 Å². The van der Waals surface area contributed by atoms with Gasteiger partial charge in [-0.05, 0) is 45.8 Å². The molecule has 1 aromatic heterocycles. The van der Waals surface area contributed by atoms with E-state index in [1.54, 1.807) is 24.4 Å². The smallest absolute Gasteiger partial charge is 0.362 e. The Hall–Kier alpha value is -3.46. The summed E-state index contributed by atoms with van der Waals surface area (Å²) in [5.74, 6) is 0.108. The van der Waals surface area contributed by atoms with Crippen LogP contribution in [0.15, 0.2) is 79.0 Å². The van der Waals surface area contributed by atoms with Gasteiger partial charge in [0.25, 0.3) is 0 Å². The maximum atomic E-state index is 12.4. The molecule has 1 heterocycles. The van der Waals surface area contributed by atoms with Crippen LogP contribution in [0.3, 0.4) is 0 Å². The van der Waals surface area contributed by atoms with E-state index in [0.717, 1.165) is 16.2 Å². The first-order chi connectivity index (χ1) is 12.3. The van der Waals surface area contributed by atoms with Crippen LogP contribution < -0.4 is 4.74 Å². The van der Waals surface area contributed by atoms with Crippen molar-refractivity contribution in [1.82, 2.24) is 4.98 Å². The van der Waals surface area contributed by atoms with Gasteiger partial charge in [-0.3, -0.25) is 0 Å². The molecule has 0 aliphatic carbocycles. The molecule has 0 N–H and O–H groups in total. The number of hydrogen-bond acceptors (Lipinski definition) is 3. The SMILES string of the molecule is O=C(Oc1ccc2ccc3cccc4ccc1c2c34)c1ccccn1. The molecule has 0 atom stereocenters. The fraction of sp³-hybridized carbons (Fsp3) is 0. The Morgan fingerprint density at radius 1 is 0.720 bits per heavy atom. The van der Waals surface area contributed by atoms with E-state index in [-0.39, 0.29) is 0 Å². The van der Waals surface area contributed by atoms with Gasteiger partial charge in [-0.2, -0.15) is 0 Å². The lowest BCUT2D eigenvalue weighted by atomic mass is 9.94. The Kier molecular flexibility index (Phi) is 2.94. The average Bonchev–Trinajstić information content (AvgIpc) is 2.68. The van der Waals surface area contributed by atoms with Crippen molar-refractivity contribution < 1.29 is 9.53 Å². The Labute approximate surface area is 143 Å². The number of pyridine rings is 1. The van der Waals surface area contributed by atoms with Gasteiger partial charge >= 0.3 is 5.97 Å². The monoisotopic (exact) mass is 323 g/mol. The van der Waals surface area contributed by atoms with Crippen LogP contribution in [0.1, 0.15) is 10.5 Å². The summed E-state index contributed by atoms with van der Waals surface area (Å²) >= 11 is 0. The van der Waals surface area contributed by atoms with Gasteiger partial charge in [-0.1, -0.05) is 48.5 Å². The van der Waals surface area contributed by atoms with Gasteiger partial charge in [0, 0.05) is 17.0 Å². The van der Waals surface area contributed by atoms with Gasteiger partial charge in [0.2, 0.25) is 0 Å². The number of carbonyl (C=O) groups is 1. The summed E-state index contributed by atoms with van der Waals surface area (Å²) in [4.78, 5) is 16.5. The standard InChI is InChI=1S/C22H13NO2/c24-22(18-6-1-2-13-23-18)25-19-12-10-16-8-7-14-4-3-5-15-9-11-17(19)21(16)20(14)15/h1-13H. The van der Waals surface area contributed by atoms with Crippen molar-refractivity contribution >= 4 is 38.3 Å². The van der Waals surface area contributed by atoms with Crippen LogP contribution in [0.2, 0.25) is 0 Å². The molecule has 5 rings (SSSR count). The molecule has 3 heteroatoms. The third-order valence-corrected chi connectivity index (χ3v) is 4.57. The zero-order valence-corrected chi connectivity index (χ0v) is 13.3. The van der Waals surface area contributed by atoms with Crippen LogP contribution in [0, 0.1) is 0 Å². The fourth-order valence-corrected chi connectivity index (χ4v) is 3.43.